The first-order valence-electron chi connectivity index (χ1n) is 6.78. The molecular formula is C14H14BrF3N2O3. The minimum Gasteiger partial charge on any atom is -0.481 e. The molecule has 1 unspecified atom stereocenters. The quantitative estimate of drug-likeness (QED) is 0.823. The average Bonchev–Trinajstić information content (AvgIpc) is 2.88. The van der Waals surface area contributed by atoms with Crippen molar-refractivity contribution in [1.82, 2.24) is 4.90 Å². The van der Waals surface area contributed by atoms with Gasteiger partial charge < -0.3 is 10.4 Å². The fourth-order valence-electron chi connectivity index (χ4n) is 2.40. The molecule has 23 heavy (non-hydrogen) atoms. The first-order chi connectivity index (χ1) is 10.7. The van der Waals surface area contributed by atoms with E-state index in [2.05, 4.69) is 21.2 Å². The normalized spacial score (nSPS) is 18.9. The zero-order valence-electron chi connectivity index (χ0n) is 11.9. The first-order valence-corrected chi connectivity index (χ1v) is 7.58. The molecule has 1 aromatic rings. The molecular weight excluding hydrogens is 381 g/mol. The second-order valence-electron chi connectivity index (χ2n) is 5.30. The van der Waals surface area contributed by atoms with Crippen LogP contribution in [0, 0.1) is 5.92 Å². The number of hydrogen-bond donors (Lipinski definition) is 2. The number of likely N-dealkylation sites (tertiary alicyclic amines) is 1. The molecule has 1 aromatic carbocycles. The molecule has 5 nitrogen and oxygen atoms in total. The number of alkyl halides is 3. The Bertz CT molecular complexity index is 622. The summed E-state index contributed by atoms with van der Waals surface area (Å²) in [7, 11) is 0. The molecule has 126 valence electrons. The smallest absolute Gasteiger partial charge is 0.417 e. The van der Waals surface area contributed by atoms with Gasteiger partial charge in [-0.3, -0.25) is 14.5 Å². The van der Waals surface area contributed by atoms with Crippen LogP contribution in [0.1, 0.15) is 12.0 Å². The SMILES string of the molecule is O=C(CN1CCC(C(=O)O)C1)Nc1ccc(Br)c(C(F)(F)F)c1. The molecule has 2 rings (SSSR count). The van der Waals surface area contributed by atoms with Gasteiger partial charge in [-0.15, -0.1) is 0 Å². The van der Waals surface area contributed by atoms with Crippen LogP contribution in [0.15, 0.2) is 22.7 Å². The van der Waals surface area contributed by atoms with Gasteiger partial charge in [0.25, 0.3) is 0 Å². The number of carboxylic acid groups (broad SMARTS) is 1. The molecule has 1 heterocycles. The Labute approximate surface area is 138 Å². The number of carbonyl (C=O) groups excluding carboxylic acids is 1. The maximum atomic E-state index is 12.8. The molecule has 0 spiro atoms. The number of carbonyl (C=O) groups is 2. The van der Waals surface area contributed by atoms with Crippen molar-refractivity contribution in [2.45, 2.75) is 12.6 Å². The van der Waals surface area contributed by atoms with E-state index in [0.717, 1.165) is 6.07 Å². The zero-order valence-corrected chi connectivity index (χ0v) is 13.4. The molecule has 1 saturated heterocycles. The van der Waals surface area contributed by atoms with Crippen molar-refractivity contribution < 1.29 is 27.9 Å². The highest BCUT2D eigenvalue weighted by molar-refractivity contribution is 9.10. The fraction of sp³-hybridized carbons (Fsp3) is 0.429. The van der Waals surface area contributed by atoms with E-state index in [1.54, 1.807) is 4.90 Å². The molecule has 1 fully saturated rings. The molecule has 0 radical (unpaired) electrons. The van der Waals surface area contributed by atoms with Crippen molar-refractivity contribution in [3.8, 4) is 0 Å². The highest BCUT2D eigenvalue weighted by Gasteiger charge is 2.33. The Kier molecular flexibility index (Phi) is 5.30. The fourth-order valence-corrected chi connectivity index (χ4v) is 2.87. The maximum absolute atomic E-state index is 12.8. The minimum absolute atomic E-state index is 0.0412. The van der Waals surface area contributed by atoms with Gasteiger partial charge in [0, 0.05) is 16.7 Å². The van der Waals surface area contributed by atoms with Crippen LogP contribution in [-0.4, -0.2) is 41.5 Å². The number of rotatable bonds is 4. The number of amides is 1. The van der Waals surface area contributed by atoms with Crippen LogP contribution in [0.2, 0.25) is 0 Å². The topological polar surface area (TPSA) is 69.6 Å². The molecule has 0 saturated carbocycles. The molecule has 9 heteroatoms. The predicted molar refractivity (Wildman–Crippen MR) is 80.0 cm³/mol. The number of anilines is 1. The number of carboxylic acids is 1. The third-order valence-electron chi connectivity index (χ3n) is 3.54. The summed E-state index contributed by atoms with van der Waals surface area (Å²) in [6, 6.07) is 3.43. The van der Waals surface area contributed by atoms with E-state index >= 15 is 0 Å². The van der Waals surface area contributed by atoms with Gasteiger partial charge in [0.2, 0.25) is 5.91 Å². The lowest BCUT2D eigenvalue weighted by Gasteiger charge is -2.16. The highest BCUT2D eigenvalue weighted by atomic mass is 79.9. The molecule has 1 amide bonds. The van der Waals surface area contributed by atoms with Crippen LogP contribution in [0.4, 0.5) is 18.9 Å². The number of benzene rings is 1. The van der Waals surface area contributed by atoms with Crippen LogP contribution in [0.3, 0.4) is 0 Å². The molecule has 0 aliphatic carbocycles. The lowest BCUT2D eigenvalue weighted by Crippen LogP contribution is -2.32. The van der Waals surface area contributed by atoms with E-state index < -0.39 is 29.5 Å². The van der Waals surface area contributed by atoms with Gasteiger partial charge in [-0.2, -0.15) is 13.2 Å². The number of hydrogen-bond acceptors (Lipinski definition) is 3. The number of halogens is 4. The maximum Gasteiger partial charge on any atom is 0.417 e. The highest BCUT2D eigenvalue weighted by Crippen LogP contribution is 2.36. The zero-order chi connectivity index (χ0) is 17.2. The van der Waals surface area contributed by atoms with E-state index in [9.17, 15) is 22.8 Å². The molecule has 2 N–H and O–H groups in total. The lowest BCUT2D eigenvalue weighted by molar-refractivity contribution is -0.141. The monoisotopic (exact) mass is 394 g/mol. The third kappa shape index (κ3) is 4.68. The Morgan fingerprint density at radius 1 is 1.39 bits per heavy atom. The molecule has 0 bridgehead atoms. The number of aliphatic carboxylic acids is 1. The van der Waals surface area contributed by atoms with Crippen LogP contribution < -0.4 is 5.32 Å². The van der Waals surface area contributed by atoms with E-state index in [4.69, 9.17) is 5.11 Å². The summed E-state index contributed by atoms with van der Waals surface area (Å²) < 4.78 is 38.3. The summed E-state index contributed by atoms with van der Waals surface area (Å²) in [5.74, 6) is -1.89. The van der Waals surface area contributed by atoms with Crippen LogP contribution in [-0.2, 0) is 15.8 Å². The van der Waals surface area contributed by atoms with Crippen molar-refractivity contribution in [1.29, 1.82) is 0 Å². The van der Waals surface area contributed by atoms with Crippen molar-refractivity contribution in [2.75, 3.05) is 25.0 Å². The number of nitrogens with one attached hydrogen (secondary N) is 1. The Hall–Kier alpha value is -1.61. The van der Waals surface area contributed by atoms with Crippen LogP contribution in [0.25, 0.3) is 0 Å². The molecule has 1 atom stereocenters. The predicted octanol–water partition coefficient (Wildman–Crippen LogP) is 2.81. The molecule has 1 aliphatic heterocycles. The molecule has 0 aromatic heterocycles. The summed E-state index contributed by atoms with van der Waals surface area (Å²) in [5.41, 5.74) is -0.832. The van der Waals surface area contributed by atoms with Crippen LogP contribution >= 0.6 is 15.9 Å². The first kappa shape index (κ1) is 17.7. The van der Waals surface area contributed by atoms with Crippen LogP contribution in [0.5, 0.6) is 0 Å². The van der Waals surface area contributed by atoms with E-state index in [1.807, 2.05) is 0 Å². The Balaban J connectivity index is 1.97. The van der Waals surface area contributed by atoms with Crippen molar-refractivity contribution >= 4 is 33.5 Å². The van der Waals surface area contributed by atoms with Gasteiger partial charge in [-0.1, -0.05) is 15.9 Å². The van der Waals surface area contributed by atoms with Gasteiger partial charge >= 0.3 is 12.1 Å². The summed E-state index contributed by atoms with van der Waals surface area (Å²) in [6.07, 6.45) is -4.07. The van der Waals surface area contributed by atoms with E-state index in [0.29, 0.717) is 13.0 Å². The second kappa shape index (κ2) is 6.88. The van der Waals surface area contributed by atoms with Gasteiger partial charge in [-0.05, 0) is 31.2 Å². The lowest BCUT2D eigenvalue weighted by atomic mass is 10.1. The van der Waals surface area contributed by atoms with Gasteiger partial charge in [-0.25, -0.2) is 0 Å². The average molecular weight is 395 g/mol. The number of nitrogens with zero attached hydrogens (tertiary/aromatic N) is 1. The van der Waals surface area contributed by atoms with Gasteiger partial charge in [0.1, 0.15) is 0 Å². The second-order valence-corrected chi connectivity index (χ2v) is 6.15. The Morgan fingerprint density at radius 2 is 2.09 bits per heavy atom. The minimum atomic E-state index is -4.52. The van der Waals surface area contributed by atoms with Crippen molar-refractivity contribution in [3.05, 3.63) is 28.2 Å². The van der Waals surface area contributed by atoms with Gasteiger partial charge in [0.05, 0.1) is 18.0 Å². The summed E-state index contributed by atoms with van der Waals surface area (Å²) in [6.45, 7) is 0.677. The standard InChI is InChI=1S/C14H14BrF3N2O3/c15-11-2-1-9(5-10(11)14(16,17)18)19-12(21)7-20-4-3-8(6-20)13(22)23/h1-2,5,8H,3-4,6-7H2,(H,19,21)(H,22,23). The summed E-state index contributed by atoms with van der Waals surface area (Å²) >= 11 is 2.83. The van der Waals surface area contributed by atoms with Crippen molar-refractivity contribution in [2.24, 2.45) is 5.92 Å². The summed E-state index contributed by atoms with van der Waals surface area (Å²) in [5, 5.41) is 11.3. The van der Waals surface area contributed by atoms with Crippen molar-refractivity contribution in [3.63, 3.8) is 0 Å². The molecule has 1 aliphatic rings. The largest absolute Gasteiger partial charge is 0.481 e. The summed E-state index contributed by atoms with van der Waals surface area (Å²) in [4.78, 5) is 24.4. The van der Waals surface area contributed by atoms with E-state index in [-0.39, 0.29) is 23.2 Å². The third-order valence-corrected chi connectivity index (χ3v) is 4.24. The van der Waals surface area contributed by atoms with E-state index in [1.165, 1.54) is 12.1 Å². The Morgan fingerprint density at radius 3 is 2.65 bits per heavy atom. The van der Waals surface area contributed by atoms with Gasteiger partial charge in [0.15, 0.2) is 0 Å².